The van der Waals surface area contributed by atoms with Crippen molar-refractivity contribution in [3.05, 3.63) is 0 Å². The highest BCUT2D eigenvalue weighted by atomic mass is 16.7. The van der Waals surface area contributed by atoms with Crippen molar-refractivity contribution >= 4 is 29.8 Å². The van der Waals surface area contributed by atoms with E-state index in [0.29, 0.717) is 0 Å². The summed E-state index contributed by atoms with van der Waals surface area (Å²) in [6.45, 7) is 3.73. The van der Waals surface area contributed by atoms with E-state index in [2.05, 4.69) is 4.74 Å². The van der Waals surface area contributed by atoms with Gasteiger partial charge in [-0.1, -0.05) is 0 Å². The molecule has 12 heteroatoms. The van der Waals surface area contributed by atoms with Gasteiger partial charge in [-0.15, -0.1) is 0 Å². The second-order valence-corrected chi connectivity index (χ2v) is 6.23. The van der Waals surface area contributed by atoms with E-state index in [9.17, 15) is 29.1 Å². The molecule has 0 aromatic rings. The maximum atomic E-state index is 12.1. The number of hydrogen-bond acceptors (Lipinski definition) is 12. The van der Waals surface area contributed by atoms with Crippen LogP contribution < -0.4 is 0 Å². The molecule has 1 aliphatic rings. The lowest BCUT2D eigenvalue weighted by Crippen LogP contribution is -2.64. The smallest absolute Gasteiger partial charge is 0.366 e. The predicted octanol–water partition coefficient (Wildman–Crippen LogP) is -1.00. The Kier molecular flexibility index (Phi) is 8.52. The van der Waals surface area contributed by atoms with E-state index in [1.54, 1.807) is 0 Å². The fourth-order valence-corrected chi connectivity index (χ4v) is 2.78. The van der Waals surface area contributed by atoms with Gasteiger partial charge in [-0.25, -0.2) is 4.79 Å². The van der Waals surface area contributed by atoms with E-state index < -0.39 is 73.1 Å². The molecule has 1 saturated heterocycles. The van der Waals surface area contributed by atoms with Crippen molar-refractivity contribution in [2.24, 2.45) is 0 Å². The molecule has 0 saturated carbocycles. The first-order valence-corrected chi connectivity index (χ1v) is 8.53. The summed E-state index contributed by atoms with van der Waals surface area (Å²) in [5.41, 5.74) is 0. The van der Waals surface area contributed by atoms with Crippen LogP contribution in [-0.4, -0.2) is 78.9 Å². The molecule has 5 atom stereocenters. The first-order chi connectivity index (χ1) is 13.4. The van der Waals surface area contributed by atoms with Crippen LogP contribution in [0, 0.1) is 0 Å². The molecule has 0 aromatic carbocycles. The van der Waals surface area contributed by atoms with E-state index in [4.69, 9.17) is 23.7 Å². The van der Waals surface area contributed by atoms with Gasteiger partial charge in [0.15, 0.2) is 12.2 Å². The predicted molar refractivity (Wildman–Crippen MR) is 89.8 cm³/mol. The number of methoxy groups -OCH3 is 1. The Morgan fingerprint density at radius 3 is 2.03 bits per heavy atom. The summed E-state index contributed by atoms with van der Waals surface area (Å²) in [6.07, 6.45) is -6.37. The van der Waals surface area contributed by atoms with Gasteiger partial charge in [0.25, 0.3) is 5.79 Å². The highest BCUT2D eigenvalue weighted by Gasteiger charge is 2.57. The second kappa shape index (κ2) is 10.2. The van der Waals surface area contributed by atoms with E-state index in [1.165, 1.54) is 0 Å². The van der Waals surface area contributed by atoms with Crippen molar-refractivity contribution in [1.82, 2.24) is 0 Å². The SMILES string of the molecule is COC(=O)[C@@]1(O)C[C@@H](OC(C)=O)[C@@H](OC(C)=O)[C@@H]([C@@H](COC(C)=O)OC(C)=O)O1. The average Bonchev–Trinajstić information content (AvgIpc) is 2.58. The van der Waals surface area contributed by atoms with Crippen LogP contribution in [0.2, 0.25) is 0 Å². The van der Waals surface area contributed by atoms with Gasteiger partial charge in [0.05, 0.1) is 13.5 Å². The van der Waals surface area contributed by atoms with Gasteiger partial charge in [-0.2, -0.15) is 0 Å². The van der Waals surface area contributed by atoms with Gasteiger partial charge in [-0.3, -0.25) is 19.2 Å². The van der Waals surface area contributed by atoms with Crippen LogP contribution in [0.15, 0.2) is 0 Å². The largest absolute Gasteiger partial charge is 0.465 e. The minimum absolute atomic E-state index is 0.554. The zero-order valence-corrected chi connectivity index (χ0v) is 16.7. The van der Waals surface area contributed by atoms with Gasteiger partial charge in [0.2, 0.25) is 0 Å². The van der Waals surface area contributed by atoms with Gasteiger partial charge < -0.3 is 33.5 Å². The summed E-state index contributed by atoms with van der Waals surface area (Å²) in [5, 5.41) is 10.6. The number of hydrogen-bond donors (Lipinski definition) is 1. The molecule has 1 aliphatic heterocycles. The molecule has 29 heavy (non-hydrogen) atoms. The third-order valence-electron chi connectivity index (χ3n) is 3.76. The molecule has 12 nitrogen and oxygen atoms in total. The number of carbonyl (C=O) groups excluding carboxylic acids is 5. The fourth-order valence-electron chi connectivity index (χ4n) is 2.78. The maximum absolute atomic E-state index is 12.1. The summed E-state index contributed by atoms with van der Waals surface area (Å²) in [4.78, 5) is 57.9. The lowest BCUT2D eigenvalue weighted by molar-refractivity contribution is -0.313. The van der Waals surface area contributed by atoms with Crippen LogP contribution in [0.25, 0.3) is 0 Å². The Morgan fingerprint density at radius 1 is 1.00 bits per heavy atom. The monoisotopic (exact) mass is 420 g/mol. The fraction of sp³-hybridized carbons (Fsp3) is 0.706. The zero-order chi connectivity index (χ0) is 22.4. The van der Waals surface area contributed by atoms with Crippen LogP contribution in [0.4, 0.5) is 0 Å². The molecular formula is C17H24O12. The normalized spacial score (nSPS) is 27.2. The Bertz CT molecular complexity index is 659. The van der Waals surface area contributed by atoms with Crippen molar-refractivity contribution in [1.29, 1.82) is 0 Å². The number of rotatable bonds is 7. The first-order valence-electron chi connectivity index (χ1n) is 8.53. The molecular weight excluding hydrogens is 396 g/mol. The molecule has 164 valence electrons. The molecule has 0 aromatic heterocycles. The van der Waals surface area contributed by atoms with E-state index in [-0.39, 0.29) is 0 Å². The Morgan fingerprint density at radius 2 is 1.59 bits per heavy atom. The molecule has 0 spiro atoms. The lowest BCUT2D eigenvalue weighted by Gasteiger charge is -2.44. The van der Waals surface area contributed by atoms with Gasteiger partial charge in [0, 0.05) is 27.7 Å². The molecule has 0 amide bonds. The van der Waals surface area contributed by atoms with Crippen molar-refractivity contribution in [2.75, 3.05) is 13.7 Å². The van der Waals surface area contributed by atoms with Crippen molar-refractivity contribution in [2.45, 2.75) is 64.3 Å². The highest BCUT2D eigenvalue weighted by molar-refractivity contribution is 5.78. The number of esters is 5. The van der Waals surface area contributed by atoms with Crippen LogP contribution >= 0.6 is 0 Å². The van der Waals surface area contributed by atoms with Crippen LogP contribution in [0.5, 0.6) is 0 Å². The van der Waals surface area contributed by atoms with E-state index >= 15 is 0 Å². The summed E-state index contributed by atoms with van der Waals surface area (Å²) >= 11 is 0. The molecule has 1 rings (SSSR count). The quantitative estimate of drug-likeness (QED) is 0.395. The summed E-state index contributed by atoms with van der Waals surface area (Å²) in [7, 11) is 0.986. The number of ether oxygens (including phenoxy) is 6. The highest BCUT2D eigenvalue weighted by Crippen LogP contribution is 2.34. The Labute approximate surface area is 166 Å². The molecule has 1 fully saturated rings. The molecule has 0 bridgehead atoms. The van der Waals surface area contributed by atoms with Crippen LogP contribution in [0.3, 0.4) is 0 Å². The van der Waals surface area contributed by atoms with Crippen LogP contribution in [0.1, 0.15) is 34.1 Å². The minimum Gasteiger partial charge on any atom is -0.465 e. The van der Waals surface area contributed by atoms with E-state index in [1.807, 2.05) is 0 Å². The van der Waals surface area contributed by atoms with Crippen molar-refractivity contribution in [3.8, 4) is 0 Å². The second-order valence-electron chi connectivity index (χ2n) is 6.23. The van der Waals surface area contributed by atoms with Crippen molar-refractivity contribution < 1.29 is 57.5 Å². The van der Waals surface area contributed by atoms with E-state index in [0.717, 1.165) is 34.8 Å². The topological polar surface area (TPSA) is 161 Å². The van der Waals surface area contributed by atoms with Gasteiger partial charge in [-0.05, 0) is 0 Å². The van der Waals surface area contributed by atoms with Crippen molar-refractivity contribution in [3.63, 3.8) is 0 Å². The Balaban J connectivity index is 3.40. The summed E-state index contributed by atoms with van der Waals surface area (Å²) in [6, 6.07) is 0. The number of carbonyl (C=O) groups is 5. The first kappa shape index (κ1) is 24.3. The molecule has 1 N–H and O–H groups in total. The average molecular weight is 420 g/mol. The standard InChI is InChI=1S/C17H24O12/c1-8(18)25-7-13(27-10(3)20)15-14(28-11(4)21)12(26-9(2)19)6-17(23,29-15)16(22)24-5/h12-15,23H,6-7H2,1-5H3/t12-,13-,14-,15-,17-/m1/s1. The number of aliphatic hydroxyl groups is 1. The van der Waals surface area contributed by atoms with Crippen LogP contribution in [-0.2, 0) is 52.4 Å². The third kappa shape index (κ3) is 6.98. The molecule has 0 aliphatic carbocycles. The molecule has 0 unspecified atom stereocenters. The molecule has 1 heterocycles. The maximum Gasteiger partial charge on any atom is 0.366 e. The Hall–Kier alpha value is -2.73. The third-order valence-corrected chi connectivity index (χ3v) is 3.76. The minimum atomic E-state index is -2.62. The summed E-state index contributed by atoms with van der Waals surface area (Å²) in [5.74, 6) is -6.99. The summed E-state index contributed by atoms with van der Waals surface area (Å²) < 4.78 is 30.1. The van der Waals surface area contributed by atoms with Gasteiger partial charge in [0.1, 0.15) is 18.8 Å². The zero-order valence-electron chi connectivity index (χ0n) is 16.7. The lowest BCUT2D eigenvalue weighted by atomic mass is 9.92. The van der Waals surface area contributed by atoms with Gasteiger partial charge >= 0.3 is 29.8 Å². The molecule has 0 radical (unpaired) electrons.